The first-order chi connectivity index (χ1) is 17.1. The molecular formula is C26H26BrN5O4. The number of nitrogens with zero attached hydrogens (tertiary/aromatic N) is 5. The molecule has 4 rings (SSSR count). The summed E-state index contributed by atoms with van der Waals surface area (Å²) in [7, 11) is 1.54. The molecule has 0 atom stereocenters. The normalized spacial score (nSPS) is 11.4. The number of aryl methyl sites for hydroxylation is 2. The van der Waals surface area contributed by atoms with Crippen molar-refractivity contribution in [2.75, 3.05) is 7.11 Å². The van der Waals surface area contributed by atoms with Crippen LogP contribution in [0.3, 0.4) is 0 Å². The molecule has 0 saturated heterocycles. The highest BCUT2D eigenvalue weighted by atomic mass is 79.9. The Morgan fingerprint density at radius 1 is 1.08 bits per heavy atom. The molecule has 3 aromatic heterocycles. The van der Waals surface area contributed by atoms with Crippen LogP contribution in [0.5, 0.6) is 11.8 Å². The molecule has 0 aliphatic rings. The number of aliphatic hydroxyl groups is 1. The predicted octanol–water partition coefficient (Wildman–Crippen LogP) is 4.28. The highest BCUT2D eigenvalue weighted by Gasteiger charge is 2.21. The van der Waals surface area contributed by atoms with Gasteiger partial charge in [0.1, 0.15) is 22.5 Å². The van der Waals surface area contributed by atoms with Gasteiger partial charge in [-0.2, -0.15) is 4.98 Å². The third kappa shape index (κ3) is 5.29. The summed E-state index contributed by atoms with van der Waals surface area (Å²) in [6.45, 7) is 7.03. The van der Waals surface area contributed by atoms with Gasteiger partial charge in [0, 0.05) is 17.8 Å². The Kier molecular flexibility index (Phi) is 7.18. The summed E-state index contributed by atoms with van der Waals surface area (Å²) in [5.74, 6) is 1.42. The van der Waals surface area contributed by atoms with Crippen LogP contribution in [-0.4, -0.2) is 36.7 Å². The fourth-order valence-corrected chi connectivity index (χ4v) is 3.98. The Hall–Kier alpha value is -3.63. The van der Waals surface area contributed by atoms with E-state index in [-0.39, 0.29) is 22.5 Å². The molecule has 0 spiro atoms. The molecule has 0 bridgehead atoms. The lowest BCUT2D eigenvalue weighted by molar-refractivity contribution is 0.0688. The molecule has 9 nitrogen and oxygen atoms in total. The number of hydrogen-bond acceptors (Lipinski definition) is 8. The molecular weight excluding hydrogens is 526 g/mol. The molecule has 10 heteroatoms. The first-order valence-corrected chi connectivity index (χ1v) is 12.0. The zero-order valence-electron chi connectivity index (χ0n) is 20.6. The summed E-state index contributed by atoms with van der Waals surface area (Å²) in [6, 6.07) is 12.8. The van der Waals surface area contributed by atoms with Crippen molar-refractivity contribution in [2.45, 2.75) is 39.9 Å². The van der Waals surface area contributed by atoms with Gasteiger partial charge in [0.15, 0.2) is 5.82 Å². The zero-order valence-corrected chi connectivity index (χ0v) is 22.2. The van der Waals surface area contributed by atoms with Crippen LogP contribution in [0.1, 0.15) is 36.8 Å². The van der Waals surface area contributed by atoms with E-state index in [1.54, 1.807) is 46.2 Å². The number of halogens is 1. The lowest BCUT2D eigenvalue weighted by Gasteiger charge is -2.18. The van der Waals surface area contributed by atoms with Gasteiger partial charge < -0.3 is 14.6 Å². The highest BCUT2D eigenvalue weighted by Crippen LogP contribution is 2.27. The fraction of sp³-hybridized carbons (Fsp3) is 0.269. The molecule has 1 aromatic carbocycles. The van der Waals surface area contributed by atoms with Crippen molar-refractivity contribution in [2.24, 2.45) is 0 Å². The quantitative estimate of drug-likeness (QED) is 0.362. The van der Waals surface area contributed by atoms with Crippen molar-refractivity contribution in [3.05, 3.63) is 86.4 Å². The lowest BCUT2D eigenvalue weighted by atomic mass is 10.0. The second-order valence-electron chi connectivity index (χ2n) is 8.71. The van der Waals surface area contributed by atoms with Crippen LogP contribution in [0, 0.1) is 13.8 Å². The molecule has 0 fully saturated rings. The molecule has 0 amide bonds. The first-order valence-electron chi connectivity index (χ1n) is 11.2. The average Bonchev–Trinajstić information content (AvgIpc) is 2.85. The van der Waals surface area contributed by atoms with Gasteiger partial charge in [0.05, 0.1) is 24.2 Å². The molecule has 1 N–H and O–H groups in total. The van der Waals surface area contributed by atoms with E-state index < -0.39 is 5.60 Å². The van der Waals surface area contributed by atoms with Gasteiger partial charge in [0.2, 0.25) is 11.8 Å². The first kappa shape index (κ1) is 25.5. The van der Waals surface area contributed by atoms with Gasteiger partial charge in [-0.1, -0.05) is 18.2 Å². The maximum Gasteiger partial charge on any atom is 0.276 e. The van der Waals surface area contributed by atoms with Crippen LogP contribution in [-0.2, 0) is 12.2 Å². The van der Waals surface area contributed by atoms with E-state index in [0.717, 1.165) is 11.1 Å². The minimum Gasteiger partial charge on any atom is -0.481 e. The number of benzene rings is 1. The third-order valence-electron chi connectivity index (χ3n) is 5.41. The number of rotatable bonds is 7. The monoisotopic (exact) mass is 551 g/mol. The van der Waals surface area contributed by atoms with Crippen molar-refractivity contribution in [3.8, 4) is 28.7 Å². The topological polar surface area (TPSA) is 112 Å². The molecule has 0 aliphatic heterocycles. The predicted molar refractivity (Wildman–Crippen MR) is 138 cm³/mol. The summed E-state index contributed by atoms with van der Waals surface area (Å²) in [4.78, 5) is 31.0. The maximum atomic E-state index is 13.3. The van der Waals surface area contributed by atoms with Gasteiger partial charge in [-0.05, 0) is 67.4 Å². The van der Waals surface area contributed by atoms with Gasteiger partial charge in [-0.25, -0.2) is 15.0 Å². The summed E-state index contributed by atoms with van der Waals surface area (Å²) in [5.41, 5.74) is 2.06. The summed E-state index contributed by atoms with van der Waals surface area (Å²) in [6.07, 6.45) is 1.68. The standard InChI is InChI=1S/C26H26BrN5O4/c1-15-13-28-25(26(3,4)34)31-22(15)17-8-6-10-19(12-17)32-16(2)29-23(21(27)24(32)33)36-14-18-9-7-11-20(30-18)35-5/h6-13,34H,14H2,1-5H3. The minimum atomic E-state index is -1.18. The number of hydrogen-bond donors (Lipinski definition) is 1. The molecule has 0 unspecified atom stereocenters. The SMILES string of the molecule is COc1cccc(COc2nc(C)n(-c3cccc(-c4nc(C(C)(C)O)ncc4C)c3)c(=O)c2Br)n1. The number of ether oxygens (including phenoxy) is 2. The summed E-state index contributed by atoms with van der Waals surface area (Å²) >= 11 is 3.36. The second kappa shape index (κ2) is 10.2. The van der Waals surface area contributed by atoms with Gasteiger partial charge in [-0.15, -0.1) is 0 Å². The molecule has 186 valence electrons. The van der Waals surface area contributed by atoms with E-state index in [1.807, 2.05) is 37.3 Å². The van der Waals surface area contributed by atoms with Crippen LogP contribution in [0.15, 0.2) is 57.9 Å². The molecule has 0 aliphatic carbocycles. The third-order valence-corrected chi connectivity index (χ3v) is 6.09. The van der Waals surface area contributed by atoms with Crippen LogP contribution in [0.4, 0.5) is 0 Å². The molecule has 0 saturated carbocycles. The van der Waals surface area contributed by atoms with E-state index >= 15 is 0 Å². The van der Waals surface area contributed by atoms with Crippen LogP contribution >= 0.6 is 15.9 Å². The van der Waals surface area contributed by atoms with Gasteiger partial charge >= 0.3 is 0 Å². The highest BCUT2D eigenvalue weighted by molar-refractivity contribution is 9.10. The Balaban J connectivity index is 1.69. The Morgan fingerprint density at radius 3 is 2.56 bits per heavy atom. The van der Waals surface area contributed by atoms with Crippen LogP contribution in [0.25, 0.3) is 16.9 Å². The zero-order chi connectivity index (χ0) is 26.0. The van der Waals surface area contributed by atoms with Crippen molar-refractivity contribution in [3.63, 3.8) is 0 Å². The molecule has 3 heterocycles. The Labute approximate surface area is 217 Å². The number of aromatic nitrogens is 5. The van der Waals surface area contributed by atoms with Crippen molar-refractivity contribution in [1.29, 1.82) is 0 Å². The van der Waals surface area contributed by atoms with Crippen LogP contribution in [0.2, 0.25) is 0 Å². The second-order valence-corrected chi connectivity index (χ2v) is 9.51. The van der Waals surface area contributed by atoms with Gasteiger partial charge in [0.25, 0.3) is 5.56 Å². The minimum absolute atomic E-state index is 0.123. The summed E-state index contributed by atoms with van der Waals surface area (Å²) < 4.78 is 12.6. The lowest BCUT2D eigenvalue weighted by Crippen LogP contribution is -2.24. The smallest absolute Gasteiger partial charge is 0.276 e. The van der Waals surface area contributed by atoms with Crippen molar-refractivity contribution in [1.82, 2.24) is 24.5 Å². The molecule has 4 aromatic rings. The Morgan fingerprint density at radius 2 is 1.83 bits per heavy atom. The van der Waals surface area contributed by atoms with E-state index in [4.69, 9.17) is 9.47 Å². The molecule has 0 radical (unpaired) electrons. The number of methoxy groups -OCH3 is 1. The number of pyridine rings is 1. The fourth-order valence-electron chi connectivity index (χ4n) is 3.60. The Bertz CT molecular complexity index is 1480. The average molecular weight is 552 g/mol. The van der Waals surface area contributed by atoms with Crippen LogP contribution < -0.4 is 15.0 Å². The largest absolute Gasteiger partial charge is 0.481 e. The van der Waals surface area contributed by atoms with E-state index in [1.165, 1.54) is 4.57 Å². The van der Waals surface area contributed by atoms with Gasteiger partial charge in [-0.3, -0.25) is 9.36 Å². The van der Waals surface area contributed by atoms with E-state index in [0.29, 0.717) is 34.6 Å². The van der Waals surface area contributed by atoms with Crippen molar-refractivity contribution < 1.29 is 14.6 Å². The van der Waals surface area contributed by atoms with E-state index in [2.05, 4.69) is 35.9 Å². The summed E-state index contributed by atoms with van der Waals surface area (Å²) in [5, 5.41) is 10.3. The van der Waals surface area contributed by atoms with E-state index in [9.17, 15) is 9.90 Å². The maximum absolute atomic E-state index is 13.3. The van der Waals surface area contributed by atoms with Crippen molar-refractivity contribution >= 4 is 15.9 Å². The molecule has 36 heavy (non-hydrogen) atoms.